The fourth-order valence-electron chi connectivity index (χ4n) is 2.02. The van der Waals surface area contributed by atoms with Gasteiger partial charge in [-0.15, -0.1) is 0 Å². The number of carbonyl (C=O) groups is 1. The highest BCUT2D eigenvalue weighted by molar-refractivity contribution is 5.92. The number of hydrogen-bond donors (Lipinski definition) is 2. The number of aromatic amines is 1. The lowest BCUT2D eigenvalue weighted by atomic mass is 10.1. The van der Waals surface area contributed by atoms with E-state index < -0.39 is 0 Å². The normalized spacial score (nSPS) is 12.6. The molecule has 2 aromatic rings. The molecule has 1 aromatic heterocycles. The van der Waals surface area contributed by atoms with Gasteiger partial charge in [0, 0.05) is 18.5 Å². The molecule has 0 saturated carbocycles. The Labute approximate surface area is 118 Å². The van der Waals surface area contributed by atoms with Gasteiger partial charge in [-0.05, 0) is 38.0 Å². The molecule has 1 atom stereocenters. The number of nitrogens with zero attached hydrogens (tertiary/aromatic N) is 1. The van der Waals surface area contributed by atoms with Crippen LogP contribution in [0.4, 0.5) is 0 Å². The molecular weight excluding hydrogens is 250 g/mol. The fraction of sp³-hybridized carbons (Fsp3) is 0.250. The maximum Gasteiger partial charge on any atom is 0.244 e. The summed E-state index contributed by atoms with van der Waals surface area (Å²) < 4.78 is 0. The summed E-state index contributed by atoms with van der Waals surface area (Å²) in [5.74, 6) is 0.618. The Balaban J connectivity index is 1.99. The molecule has 1 amide bonds. The van der Waals surface area contributed by atoms with Crippen molar-refractivity contribution in [3.8, 4) is 0 Å². The Morgan fingerprint density at radius 3 is 2.85 bits per heavy atom. The second kappa shape index (κ2) is 6.19. The average molecular weight is 269 g/mol. The molecule has 0 spiro atoms. The molecule has 0 saturated heterocycles. The van der Waals surface area contributed by atoms with Crippen molar-refractivity contribution in [2.24, 2.45) is 0 Å². The van der Waals surface area contributed by atoms with E-state index in [9.17, 15) is 4.79 Å². The van der Waals surface area contributed by atoms with Gasteiger partial charge in [0.2, 0.25) is 5.91 Å². The fourth-order valence-corrected chi connectivity index (χ4v) is 2.02. The van der Waals surface area contributed by atoms with Crippen LogP contribution >= 0.6 is 0 Å². The van der Waals surface area contributed by atoms with Crippen LogP contribution in [0.2, 0.25) is 0 Å². The van der Waals surface area contributed by atoms with Crippen molar-refractivity contribution in [3.05, 3.63) is 59.2 Å². The number of nitrogens with one attached hydrogen (secondary N) is 2. The Morgan fingerprint density at radius 2 is 2.20 bits per heavy atom. The quantitative estimate of drug-likeness (QED) is 0.838. The highest BCUT2D eigenvalue weighted by Crippen LogP contribution is 2.12. The van der Waals surface area contributed by atoms with Gasteiger partial charge in [-0.2, -0.15) is 0 Å². The predicted octanol–water partition coefficient (Wildman–Crippen LogP) is 2.92. The molecule has 0 fully saturated rings. The van der Waals surface area contributed by atoms with Crippen LogP contribution in [0.15, 0.2) is 36.7 Å². The van der Waals surface area contributed by atoms with Gasteiger partial charge in [-0.1, -0.05) is 23.8 Å². The third-order valence-corrected chi connectivity index (χ3v) is 3.13. The minimum Gasteiger partial charge on any atom is -0.347 e. The molecule has 20 heavy (non-hydrogen) atoms. The molecule has 1 unspecified atom stereocenters. The zero-order valence-corrected chi connectivity index (χ0v) is 12.0. The lowest BCUT2D eigenvalue weighted by Crippen LogP contribution is -2.25. The van der Waals surface area contributed by atoms with Crippen LogP contribution in [-0.2, 0) is 4.79 Å². The molecule has 2 N–H and O–H groups in total. The largest absolute Gasteiger partial charge is 0.347 e. The first-order valence-electron chi connectivity index (χ1n) is 6.61. The summed E-state index contributed by atoms with van der Waals surface area (Å²) in [6.07, 6.45) is 6.79. The van der Waals surface area contributed by atoms with E-state index in [1.165, 1.54) is 5.56 Å². The summed E-state index contributed by atoms with van der Waals surface area (Å²) in [6, 6.07) is 6.02. The van der Waals surface area contributed by atoms with Crippen LogP contribution in [0.1, 0.15) is 35.5 Å². The number of carbonyl (C=O) groups excluding carboxylic acids is 1. The van der Waals surface area contributed by atoms with E-state index in [4.69, 9.17) is 0 Å². The van der Waals surface area contributed by atoms with Gasteiger partial charge in [0.15, 0.2) is 0 Å². The summed E-state index contributed by atoms with van der Waals surface area (Å²) in [5, 5.41) is 2.86. The Hall–Kier alpha value is -2.36. The smallest absolute Gasteiger partial charge is 0.244 e. The van der Waals surface area contributed by atoms with Crippen LogP contribution in [0, 0.1) is 13.8 Å². The topological polar surface area (TPSA) is 57.8 Å². The molecule has 1 aromatic carbocycles. The van der Waals surface area contributed by atoms with Gasteiger partial charge in [0.05, 0.1) is 6.04 Å². The minimum atomic E-state index is -0.138. The van der Waals surface area contributed by atoms with E-state index in [0.29, 0.717) is 0 Å². The van der Waals surface area contributed by atoms with Crippen molar-refractivity contribution in [3.63, 3.8) is 0 Å². The first-order valence-corrected chi connectivity index (χ1v) is 6.61. The predicted molar refractivity (Wildman–Crippen MR) is 80.1 cm³/mol. The Kier molecular flexibility index (Phi) is 4.35. The second-order valence-electron chi connectivity index (χ2n) is 4.90. The third kappa shape index (κ3) is 3.57. The van der Waals surface area contributed by atoms with Crippen molar-refractivity contribution in [1.29, 1.82) is 0 Å². The maximum absolute atomic E-state index is 11.9. The molecule has 4 heteroatoms. The van der Waals surface area contributed by atoms with Crippen molar-refractivity contribution in [1.82, 2.24) is 15.3 Å². The van der Waals surface area contributed by atoms with E-state index in [1.807, 2.05) is 32.1 Å². The molecular formula is C16H19N3O. The summed E-state index contributed by atoms with van der Waals surface area (Å²) >= 11 is 0. The molecule has 104 valence electrons. The second-order valence-corrected chi connectivity index (χ2v) is 4.90. The van der Waals surface area contributed by atoms with Gasteiger partial charge >= 0.3 is 0 Å². The van der Waals surface area contributed by atoms with Crippen molar-refractivity contribution in [2.45, 2.75) is 26.8 Å². The van der Waals surface area contributed by atoms with Gasteiger partial charge in [-0.3, -0.25) is 4.79 Å². The van der Waals surface area contributed by atoms with Gasteiger partial charge in [-0.25, -0.2) is 4.98 Å². The standard InChI is InChI=1S/C16H19N3O/c1-11-4-5-14(12(2)10-11)6-7-15(20)19-13(3)16-17-8-9-18-16/h4-10,13H,1-3H3,(H,17,18)(H,19,20)/b7-6+. The number of hydrogen-bond acceptors (Lipinski definition) is 2. The van der Waals surface area contributed by atoms with Crippen LogP contribution < -0.4 is 5.32 Å². The molecule has 0 radical (unpaired) electrons. The van der Waals surface area contributed by atoms with Gasteiger partial charge < -0.3 is 10.3 Å². The zero-order chi connectivity index (χ0) is 14.5. The van der Waals surface area contributed by atoms with E-state index in [1.54, 1.807) is 18.5 Å². The maximum atomic E-state index is 11.9. The molecule has 0 aliphatic heterocycles. The Bertz CT molecular complexity index is 615. The number of benzene rings is 1. The molecule has 4 nitrogen and oxygen atoms in total. The van der Waals surface area contributed by atoms with Crippen molar-refractivity contribution >= 4 is 12.0 Å². The van der Waals surface area contributed by atoms with Crippen LogP contribution in [-0.4, -0.2) is 15.9 Å². The number of imidazole rings is 1. The lowest BCUT2D eigenvalue weighted by molar-refractivity contribution is -0.117. The number of rotatable bonds is 4. The summed E-state index contributed by atoms with van der Waals surface area (Å²) in [6.45, 7) is 5.98. The zero-order valence-electron chi connectivity index (χ0n) is 12.0. The van der Waals surface area contributed by atoms with Crippen molar-refractivity contribution < 1.29 is 4.79 Å². The van der Waals surface area contributed by atoms with Crippen molar-refractivity contribution in [2.75, 3.05) is 0 Å². The number of H-pyrrole nitrogens is 1. The summed E-state index contributed by atoms with van der Waals surface area (Å²) in [4.78, 5) is 19.0. The van der Waals surface area contributed by atoms with Crippen LogP contribution in [0.25, 0.3) is 6.08 Å². The molecule has 0 aliphatic rings. The van der Waals surface area contributed by atoms with E-state index >= 15 is 0 Å². The molecule has 0 aliphatic carbocycles. The Morgan fingerprint density at radius 1 is 1.40 bits per heavy atom. The van der Waals surface area contributed by atoms with E-state index in [0.717, 1.165) is 17.0 Å². The SMILES string of the molecule is Cc1ccc(/C=C/C(=O)NC(C)c2ncc[nH]2)c(C)c1. The summed E-state index contributed by atoms with van der Waals surface area (Å²) in [7, 11) is 0. The minimum absolute atomic E-state index is 0.131. The molecule has 2 rings (SSSR count). The monoisotopic (exact) mass is 269 g/mol. The molecule has 1 heterocycles. The third-order valence-electron chi connectivity index (χ3n) is 3.13. The number of amides is 1. The number of aryl methyl sites for hydroxylation is 2. The van der Waals surface area contributed by atoms with Gasteiger partial charge in [0.1, 0.15) is 5.82 Å². The van der Waals surface area contributed by atoms with E-state index in [-0.39, 0.29) is 11.9 Å². The number of aromatic nitrogens is 2. The van der Waals surface area contributed by atoms with Crippen LogP contribution in [0.3, 0.4) is 0 Å². The highest BCUT2D eigenvalue weighted by atomic mass is 16.1. The van der Waals surface area contributed by atoms with Gasteiger partial charge in [0.25, 0.3) is 0 Å². The van der Waals surface area contributed by atoms with E-state index in [2.05, 4.69) is 28.3 Å². The molecule has 0 bridgehead atoms. The first-order chi connectivity index (χ1) is 9.56. The lowest BCUT2D eigenvalue weighted by Gasteiger charge is -2.09. The van der Waals surface area contributed by atoms with Crippen LogP contribution in [0.5, 0.6) is 0 Å². The highest BCUT2D eigenvalue weighted by Gasteiger charge is 2.08. The average Bonchev–Trinajstić information content (AvgIpc) is 2.91. The summed E-state index contributed by atoms with van der Waals surface area (Å²) in [5.41, 5.74) is 3.43. The first kappa shape index (κ1) is 14.1.